The van der Waals surface area contributed by atoms with Gasteiger partial charge in [-0.05, 0) is 24.3 Å². The molecule has 3 aromatic rings. The Morgan fingerprint density at radius 2 is 1.50 bits per heavy atom. The number of rotatable bonds is 6. The molecule has 0 amide bonds. The molecule has 0 radical (unpaired) electrons. The van der Waals surface area contributed by atoms with Crippen LogP contribution in [0.4, 0.5) is 15.9 Å². The Morgan fingerprint density at radius 3 is 2.08 bits per heavy atom. The van der Waals surface area contributed by atoms with Crippen molar-refractivity contribution in [1.82, 2.24) is 9.97 Å². The van der Waals surface area contributed by atoms with Crippen molar-refractivity contribution in [3.05, 3.63) is 54.6 Å². The van der Waals surface area contributed by atoms with Gasteiger partial charge in [0, 0.05) is 29.4 Å². The van der Waals surface area contributed by atoms with E-state index in [1.54, 1.807) is 51.7 Å². The lowest BCUT2D eigenvalue weighted by Gasteiger charge is -2.15. The Morgan fingerprint density at radius 1 is 0.846 bits per heavy atom. The van der Waals surface area contributed by atoms with Crippen LogP contribution in [-0.2, 0) is 0 Å². The predicted octanol–water partition coefficient (Wildman–Crippen LogP) is 4.05. The molecule has 0 aliphatic heterocycles. The topological polar surface area (TPSA) is 65.5 Å². The van der Waals surface area contributed by atoms with Crippen molar-refractivity contribution in [3.8, 4) is 28.5 Å². The van der Waals surface area contributed by atoms with Crippen molar-refractivity contribution in [2.75, 3.05) is 26.6 Å². The first-order valence-corrected chi connectivity index (χ1v) is 7.79. The van der Waals surface area contributed by atoms with Crippen LogP contribution in [0.3, 0.4) is 0 Å². The molecule has 2 aromatic carbocycles. The summed E-state index contributed by atoms with van der Waals surface area (Å²) in [7, 11) is 4.66. The van der Waals surface area contributed by atoms with Gasteiger partial charge in [0.25, 0.3) is 0 Å². The molecular weight excluding hydrogens is 337 g/mol. The van der Waals surface area contributed by atoms with Crippen molar-refractivity contribution >= 4 is 11.5 Å². The fourth-order valence-corrected chi connectivity index (χ4v) is 2.51. The van der Waals surface area contributed by atoms with Gasteiger partial charge in [0.1, 0.15) is 18.0 Å². The summed E-state index contributed by atoms with van der Waals surface area (Å²) in [4.78, 5) is 8.45. The Hall–Kier alpha value is -3.35. The third kappa shape index (κ3) is 3.66. The van der Waals surface area contributed by atoms with Gasteiger partial charge in [0.2, 0.25) is 5.75 Å². The Balaban J connectivity index is 1.92. The van der Waals surface area contributed by atoms with Crippen molar-refractivity contribution in [1.29, 1.82) is 0 Å². The van der Waals surface area contributed by atoms with Gasteiger partial charge in [-0.25, -0.2) is 14.4 Å². The van der Waals surface area contributed by atoms with Gasteiger partial charge in [-0.15, -0.1) is 0 Å². The first-order chi connectivity index (χ1) is 12.6. The molecule has 1 aromatic heterocycles. The molecule has 7 heteroatoms. The third-order valence-electron chi connectivity index (χ3n) is 3.74. The average molecular weight is 355 g/mol. The van der Waals surface area contributed by atoms with Gasteiger partial charge in [-0.1, -0.05) is 0 Å². The van der Waals surface area contributed by atoms with Crippen LogP contribution >= 0.6 is 0 Å². The van der Waals surface area contributed by atoms with E-state index in [1.165, 1.54) is 18.5 Å². The lowest BCUT2D eigenvalue weighted by Crippen LogP contribution is -1.99. The zero-order valence-electron chi connectivity index (χ0n) is 14.6. The number of halogens is 1. The summed E-state index contributed by atoms with van der Waals surface area (Å²) in [6.07, 6.45) is 1.44. The number of benzene rings is 2. The number of methoxy groups -OCH3 is 3. The van der Waals surface area contributed by atoms with E-state index in [0.29, 0.717) is 34.4 Å². The van der Waals surface area contributed by atoms with Gasteiger partial charge < -0.3 is 19.5 Å². The maximum Gasteiger partial charge on any atom is 0.203 e. The van der Waals surface area contributed by atoms with Crippen LogP contribution in [0.2, 0.25) is 0 Å². The highest BCUT2D eigenvalue weighted by molar-refractivity contribution is 5.69. The average Bonchev–Trinajstić information content (AvgIpc) is 2.68. The molecule has 0 bridgehead atoms. The van der Waals surface area contributed by atoms with E-state index < -0.39 is 0 Å². The van der Waals surface area contributed by atoms with Crippen LogP contribution in [0.15, 0.2) is 48.8 Å². The third-order valence-corrected chi connectivity index (χ3v) is 3.74. The molecule has 0 unspecified atom stereocenters. The monoisotopic (exact) mass is 355 g/mol. The van der Waals surface area contributed by atoms with Crippen molar-refractivity contribution in [2.24, 2.45) is 0 Å². The number of nitrogens with zero attached hydrogens (tertiary/aromatic N) is 2. The van der Waals surface area contributed by atoms with Crippen molar-refractivity contribution in [3.63, 3.8) is 0 Å². The van der Waals surface area contributed by atoms with Crippen LogP contribution in [0, 0.1) is 5.82 Å². The maximum atomic E-state index is 13.1. The van der Waals surface area contributed by atoms with Gasteiger partial charge in [0.05, 0.1) is 27.0 Å². The molecule has 0 atom stereocenters. The number of hydrogen-bond acceptors (Lipinski definition) is 6. The molecule has 0 fully saturated rings. The van der Waals surface area contributed by atoms with Crippen molar-refractivity contribution < 1.29 is 18.6 Å². The number of hydrogen-bond donors (Lipinski definition) is 1. The smallest absolute Gasteiger partial charge is 0.203 e. The van der Waals surface area contributed by atoms with Crippen LogP contribution in [0.25, 0.3) is 11.3 Å². The van der Waals surface area contributed by atoms with E-state index in [0.717, 1.165) is 5.56 Å². The first-order valence-electron chi connectivity index (χ1n) is 7.79. The molecule has 134 valence electrons. The maximum absolute atomic E-state index is 13.1. The summed E-state index contributed by atoms with van der Waals surface area (Å²) in [6, 6.07) is 11.5. The van der Waals surface area contributed by atoms with Gasteiger partial charge >= 0.3 is 0 Å². The quantitative estimate of drug-likeness (QED) is 0.720. The minimum atomic E-state index is -0.293. The van der Waals surface area contributed by atoms with Gasteiger partial charge in [-0.3, -0.25) is 0 Å². The molecule has 1 N–H and O–H groups in total. The Labute approximate surface area is 150 Å². The molecule has 0 saturated carbocycles. The molecule has 0 aliphatic rings. The number of ether oxygens (including phenoxy) is 3. The zero-order chi connectivity index (χ0) is 18.5. The van der Waals surface area contributed by atoms with E-state index in [2.05, 4.69) is 15.3 Å². The summed E-state index contributed by atoms with van der Waals surface area (Å²) in [5, 5.41) is 3.19. The molecule has 26 heavy (non-hydrogen) atoms. The first kappa shape index (κ1) is 17.5. The predicted molar refractivity (Wildman–Crippen MR) is 96.8 cm³/mol. The van der Waals surface area contributed by atoms with Crippen LogP contribution in [0.5, 0.6) is 17.2 Å². The molecule has 0 spiro atoms. The lowest BCUT2D eigenvalue weighted by atomic mass is 10.1. The minimum Gasteiger partial charge on any atom is -0.493 e. The summed E-state index contributed by atoms with van der Waals surface area (Å²) < 4.78 is 29.1. The fourth-order valence-electron chi connectivity index (χ4n) is 2.51. The second kappa shape index (κ2) is 7.69. The summed E-state index contributed by atoms with van der Waals surface area (Å²) in [5.41, 5.74) is 2.18. The SMILES string of the molecule is COc1cc(Nc2cc(-c3ccc(F)cc3)ncn2)cc(OC)c1OC. The molecule has 3 rings (SSSR count). The minimum absolute atomic E-state index is 0.293. The largest absolute Gasteiger partial charge is 0.493 e. The highest BCUT2D eigenvalue weighted by Gasteiger charge is 2.13. The van der Waals surface area contributed by atoms with E-state index in [-0.39, 0.29) is 5.82 Å². The van der Waals surface area contributed by atoms with E-state index in [9.17, 15) is 4.39 Å². The highest BCUT2D eigenvalue weighted by atomic mass is 19.1. The normalized spacial score (nSPS) is 10.3. The van der Waals surface area contributed by atoms with Crippen LogP contribution in [0.1, 0.15) is 0 Å². The number of aromatic nitrogens is 2. The summed E-state index contributed by atoms with van der Waals surface area (Å²) >= 11 is 0. The molecule has 6 nitrogen and oxygen atoms in total. The van der Waals surface area contributed by atoms with E-state index in [1.807, 2.05) is 0 Å². The van der Waals surface area contributed by atoms with Crippen molar-refractivity contribution in [2.45, 2.75) is 0 Å². The lowest BCUT2D eigenvalue weighted by molar-refractivity contribution is 0.324. The number of nitrogens with one attached hydrogen (secondary N) is 1. The fraction of sp³-hybridized carbons (Fsp3) is 0.158. The van der Waals surface area contributed by atoms with E-state index >= 15 is 0 Å². The highest BCUT2D eigenvalue weighted by Crippen LogP contribution is 2.40. The Kier molecular flexibility index (Phi) is 5.17. The summed E-state index contributed by atoms with van der Waals surface area (Å²) in [5.74, 6) is 1.85. The second-order valence-electron chi connectivity index (χ2n) is 5.33. The van der Waals surface area contributed by atoms with Crippen LogP contribution < -0.4 is 19.5 Å². The van der Waals surface area contributed by atoms with Gasteiger partial charge in [0.15, 0.2) is 11.5 Å². The summed E-state index contributed by atoms with van der Waals surface area (Å²) in [6.45, 7) is 0. The van der Waals surface area contributed by atoms with Gasteiger partial charge in [-0.2, -0.15) is 0 Å². The molecule has 1 heterocycles. The Bertz CT molecular complexity index is 876. The molecule has 0 aliphatic carbocycles. The van der Waals surface area contributed by atoms with Crippen LogP contribution in [-0.4, -0.2) is 31.3 Å². The number of anilines is 2. The molecule has 0 saturated heterocycles. The second-order valence-corrected chi connectivity index (χ2v) is 5.33. The molecular formula is C19H18FN3O3. The zero-order valence-corrected chi connectivity index (χ0v) is 14.6. The standard InChI is InChI=1S/C19H18FN3O3/c1-24-16-8-14(9-17(25-2)19(16)26-3)23-18-10-15(21-11-22-18)12-4-6-13(20)7-5-12/h4-11H,1-3H3,(H,21,22,23). The van der Waals surface area contributed by atoms with E-state index in [4.69, 9.17) is 14.2 Å².